The van der Waals surface area contributed by atoms with Gasteiger partial charge in [-0.25, -0.2) is 0 Å². The van der Waals surface area contributed by atoms with Crippen molar-refractivity contribution in [3.8, 4) is 0 Å². The van der Waals surface area contributed by atoms with Crippen molar-refractivity contribution in [3.05, 3.63) is 0 Å². The Kier molecular flexibility index (Phi) is 7.87. The molecular formula is C15H31NO. The van der Waals surface area contributed by atoms with Crippen molar-refractivity contribution in [2.45, 2.75) is 96.2 Å². The van der Waals surface area contributed by atoms with E-state index in [1.165, 1.54) is 38.5 Å². The highest BCUT2D eigenvalue weighted by Gasteiger charge is 2.20. The molecule has 0 heterocycles. The summed E-state index contributed by atoms with van der Waals surface area (Å²) in [5.41, 5.74) is 0. The van der Waals surface area contributed by atoms with E-state index in [2.05, 4.69) is 19.2 Å². The predicted octanol–water partition coefficient (Wildman–Crippen LogP) is 3.63. The summed E-state index contributed by atoms with van der Waals surface area (Å²) in [6, 6.07) is 1.31. The van der Waals surface area contributed by atoms with Crippen LogP contribution in [0.2, 0.25) is 0 Å². The van der Waals surface area contributed by atoms with Gasteiger partial charge in [0.25, 0.3) is 0 Å². The molecule has 0 spiro atoms. The van der Waals surface area contributed by atoms with E-state index in [1.54, 1.807) is 0 Å². The molecule has 0 aromatic carbocycles. The van der Waals surface area contributed by atoms with Gasteiger partial charge in [0.05, 0.1) is 6.10 Å². The average molecular weight is 241 g/mol. The lowest BCUT2D eigenvalue weighted by Gasteiger charge is -2.29. The third kappa shape index (κ3) is 7.05. The molecule has 1 aliphatic rings. The molecule has 1 rings (SSSR count). The number of hydrogen-bond donors (Lipinski definition) is 2. The average Bonchev–Trinajstić information content (AvgIpc) is 2.32. The van der Waals surface area contributed by atoms with Gasteiger partial charge >= 0.3 is 0 Å². The zero-order valence-electron chi connectivity index (χ0n) is 11.8. The second kappa shape index (κ2) is 8.93. The van der Waals surface area contributed by atoms with Crippen LogP contribution in [0.4, 0.5) is 0 Å². The third-order valence-corrected chi connectivity index (χ3v) is 3.96. The number of aliphatic hydroxyl groups excluding tert-OH is 1. The summed E-state index contributed by atoms with van der Waals surface area (Å²) in [6.07, 6.45) is 12.4. The van der Waals surface area contributed by atoms with Gasteiger partial charge in [-0.15, -0.1) is 0 Å². The van der Waals surface area contributed by atoms with Gasteiger partial charge in [0.2, 0.25) is 0 Å². The van der Waals surface area contributed by atoms with E-state index in [9.17, 15) is 5.11 Å². The Bertz CT molecular complexity index is 176. The van der Waals surface area contributed by atoms with Gasteiger partial charge in [-0.1, -0.05) is 39.0 Å². The molecule has 1 unspecified atom stereocenters. The van der Waals surface area contributed by atoms with Crippen molar-refractivity contribution in [1.29, 1.82) is 0 Å². The van der Waals surface area contributed by atoms with E-state index in [0.717, 1.165) is 25.7 Å². The zero-order chi connectivity index (χ0) is 12.5. The Balaban J connectivity index is 1.98. The predicted molar refractivity (Wildman–Crippen MR) is 74.2 cm³/mol. The lowest BCUT2D eigenvalue weighted by molar-refractivity contribution is 0.114. The van der Waals surface area contributed by atoms with Crippen molar-refractivity contribution in [2.24, 2.45) is 0 Å². The van der Waals surface area contributed by atoms with Crippen molar-refractivity contribution in [3.63, 3.8) is 0 Å². The fraction of sp³-hybridized carbons (Fsp3) is 1.00. The van der Waals surface area contributed by atoms with E-state index in [-0.39, 0.29) is 6.10 Å². The topological polar surface area (TPSA) is 32.3 Å². The van der Waals surface area contributed by atoms with Crippen LogP contribution in [-0.2, 0) is 0 Å². The first kappa shape index (κ1) is 15.0. The SMILES string of the molecule is CCCCCCCC(C)NC1CCC(O)CC1. The minimum absolute atomic E-state index is 0.0302. The summed E-state index contributed by atoms with van der Waals surface area (Å²) >= 11 is 0. The molecular weight excluding hydrogens is 210 g/mol. The highest BCUT2D eigenvalue weighted by atomic mass is 16.3. The molecule has 1 fully saturated rings. The second-order valence-electron chi connectivity index (χ2n) is 5.78. The smallest absolute Gasteiger partial charge is 0.0541 e. The first-order valence-corrected chi connectivity index (χ1v) is 7.66. The molecule has 0 aliphatic heterocycles. The lowest BCUT2D eigenvalue weighted by Crippen LogP contribution is -2.39. The molecule has 2 heteroatoms. The minimum atomic E-state index is -0.0302. The Morgan fingerprint density at radius 3 is 2.35 bits per heavy atom. The number of aliphatic hydroxyl groups is 1. The van der Waals surface area contributed by atoms with Crippen LogP contribution in [0, 0.1) is 0 Å². The molecule has 1 saturated carbocycles. The summed E-state index contributed by atoms with van der Waals surface area (Å²) in [7, 11) is 0. The van der Waals surface area contributed by atoms with Crippen LogP contribution in [0.25, 0.3) is 0 Å². The highest BCUT2D eigenvalue weighted by molar-refractivity contribution is 4.78. The van der Waals surface area contributed by atoms with Gasteiger partial charge in [0.15, 0.2) is 0 Å². The summed E-state index contributed by atoms with van der Waals surface area (Å²) in [5, 5.41) is 13.2. The van der Waals surface area contributed by atoms with Gasteiger partial charge in [-0.05, 0) is 39.0 Å². The maximum absolute atomic E-state index is 9.46. The van der Waals surface area contributed by atoms with E-state index in [1.807, 2.05) is 0 Å². The first-order valence-electron chi connectivity index (χ1n) is 7.66. The summed E-state index contributed by atoms with van der Waals surface area (Å²) in [6.45, 7) is 4.58. The Morgan fingerprint density at radius 2 is 1.71 bits per heavy atom. The Morgan fingerprint density at radius 1 is 1.06 bits per heavy atom. The normalized spacial score (nSPS) is 27.0. The molecule has 1 atom stereocenters. The number of unbranched alkanes of at least 4 members (excludes halogenated alkanes) is 4. The molecule has 0 saturated heterocycles. The quantitative estimate of drug-likeness (QED) is 0.636. The second-order valence-corrected chi connectivity index (χ2v) is 5.78. The maximum atomic E-state index is 9.46. The molecule has 0 bridgehead atoms. The van der Waals surface area contributed by atoms with E-state index in [4.69, 9.17) is 0 Å². The van der Waals surface area contributed by atoms with Crippen LogP contribution in [0.5, 0.6) is 0 Å². The van der Waals surface area contributed by atoms with Gasteiger partial charge in [0, 0.05) is 12.1 Å². The third-order valence-electron chi connectivity index (χ3n) is 3.96. The minimum Gasteiger partial charge on any atom is -0.393 e. The van der Waals surface area contributed by atoms with Crippen LogP contribution in [0.1, 0.15) is 78.1 Å². The Labute approximate surface area is 107 Å². The summed E-state index contributed by atoms with van der Waals surface area (Å²) < 4.78 is 0. The highest BCUT2D eigenvalue weighted by Crippen LogP contribution is 2.19. The van der Waals surface area contributed by atoms with Crippen LogP contribution in [-0.4, -0.2) is 23.3 Å². The van der Waals surface area contributed by atoms with Crippen LogP contribution >= 0.6 is 0 Å². The van der Waals surface area contributed by atoms with Crippen molar-refractivity contribution >= 4 is 0 Å². The monoisotopic (exact) mass is 241 g/mol. The molecule has 2 nitrogen and oxygen atoms in total. The number of nitrogens with one attached hydrogen (secondary N) is 1. The Hall–Kier alpha value is -0.0800. The molecule has 0 radical (unpaired) electrons. The van der Waals surface area contributed by atoms with Crippen molar-refractivity contribution < 1.29 is 5.11 Å². The molecule has 0 aromatic rings. The summed E-state index contributed by atoms with van der Waals surface area (Å²) in [5.74, 6) is 0. The van der Waals surface area contributed by atoms with Gasteiger partial charge in [-0.3, -0.25) is 0 Å². The molecule has 0 aromatic heterocycles. The van der Waals surface area contributed by atoms with Gasteiger partial charge in [0.1, 0.15) is 0 Å². The largest absolute Gasteiger partial charge is 0.393 e. The standard InChI is InChI=1S/C15H31NO/c1-3-4-5-6-7-8-13(2)16-14-9-11-15(17)12-10-14/h13-17H,3-12H2,1-2H3. The van der Waals surface area contributed by atoms with Gasteiger partial charge < -0.3 is 10.4 Å². The molecule has 1 aliphatic carbocycles. The van der Waals surface area contributed by atoms with Crippen LogP contribution in [0.15, 0.2) is 0 Å². The van der Waals surface area contributed by atoms with Gasteiger partial charge in [-0.2, -0.15) is 0 Å². The molecule has 0 amide bonds. The maximum Gasteiger partial charge on any atom is 0.0541 e. The number of rotatable bonds is 8. The van der Waals surface area contributed by atoms with Crippen LogP contribution < -0.4 is 5.32 Å². The first-order chi connectivity index (χ1) is 8.22. The van der Waals surface area contributed by atoms with E-state index >= 15 is 0 Å². The summed E-state index contributed by atoms with van der Waals surface area (Å²) in [4.78, 5) is 0. The van der Waals surface area contributed by atoms with Crippen LogP contribution in [0.3, 0.4) is 0 Å². The number of hydrogen-bond acceptors (Lipinski definition) is 2. The molecule has 2 N–H and O–H groups in total. The molecule has 102 valence electrons. The lowest BCUT2D eigenvalue weighted by atomic mass is 9.92. The van der Waals surface area contributed by atoms with E-state index in [0.29, 0.717) is 12.1 Å². The van der Waals surface area contributed by atoms with Crippen molar-refractivity contribution in [1.82, 2.24) is 5.32 Å². The molecule has 17 heavy (non-hydrogen) atoms. The fourth-order valence-electron chi connectivity index (χ4n) is 2.78. The van der Waals surface area contributed by atoms with E-state index < -0.39 is 0 Å². The zero-order valence-corrected chi connectivity index (χ0v) is 11.8. The fourth-order valence-corrected chi connectivity index (χ4v) is 2.78. The van der Waals surface area contributed by atoms with Crippen molar-refractivity contribution in [2.75, 3.05) is 0 Å².